The fourth-order valence-corrected chi connectivity index (χ4v) is 1.93. The highest BCUT2D eigenvalue weighted by Crippen LogP contribution is 2.23. The summed E-state index contributed by atoms with van der Waals surface area (Å²) in [6.45, 7) is 4.34. The largest absolute Gasteiger partial charge is 0.388 e. The van der Waals surface area contributed by atoms with E-state index in [1.54, 1.807) is 6.20 Å². The topological polar surface area (TPSA) is 33.1 Å². The Morgan fingerprint density at radius 1 is 1.18 bits per heavy atom. The summed E-state index contributed by atoms with van der Waals surface area (Å²) < 4.78 is 0. The third kappa shape index (κ3) is 3.04. The number of pyridine rings is 1. The van der Waals surface area contributed by atoms with Crippen molar-refractivity contribution in [3.63, 3.8) is 0 Å². The average Bonchev–Trinajstić information content (AvgIpc) is 2.35. The molecule has 0 aliphatic heterocycles. The van der Waals surface area contributed by atoms with Crippen LogP contribution in [0.4, 0.5) is 0 Å². The minimum Gasteiger partial charge on any atom is -0.388 e. The van der Waals surface area contributed by atoms with Crippen LogP contribution in [0.25, 0.3) is 10.9 Å². The van der Waals surface area contributed by atoms with Crippen molar-refractivity contribution in [1.82, 2.24) is 4.98 Å². The number of benzene rings is 1. The van der Waals surface area contributed by atoms with Gasteiger partial charge in [0.15, 0.2) is 0 Å². The van der Waals surface area contributed by atoms with Crippen LogP contribution in [0.15, 0.2) is 36.5 Å². The molecule has 1 heterocycles. The third-order valence-corrected chi connectivity index (χ3v) is 3.01. The second kappa shape index (κ2) is 5.28. The molecule has 1 atom stereocenters. The number of fused-ring (bicyclic) bond motifs is 1. The Bertz CT molecular complexity index is 493. The van der Waals surface area contributed by atoms with Gasteiger partial charge in [-0.1, -0.05) is 32.0 Å². The highest BCUT2D eigenvalue weighted by molar-refractivity contribution is 5.78. The van der Waals surface area contributed by atoms with Crippen LogP contribution in [-0.2, 0) is 0 Å². The molecule has 0 bridgehead atoms. The van der Waals surface area contributed by atoms with Crippen LogP contribution >= 0.6 is 0 Å². The van der Waals surface area contributed by atoms with E-state index in [0.717, 1.165) is 29.3 Å². The number of aliphatic hydroxyl groups excluding tert-OH is 1. The molecule has 0 fully saturated rings. The number of rotatable bonds is 4. The molecule has 0 amide bonds. The Morgan fingerprint density at radius 2 is 1.94 bits per heavy atom. The van der Waals surface area contributed by atoms with E-state index in [4.69, 9.17) is 0 Å². The molecule has 0 aliphatic rings. The van der Waals surface area contributed by atoms with Gasteiger partial charge >= 0.3 is 0 Å². The van der Waals surface area contributed by atoms with Crippen LogP contribution in [0.1, 0.15) is 38.4 Å². The molecule has 2 nitrogen and oxygen atoms in total. The quantitative estimate of drug-likeness (QED) is 0.867. The molecule has 17 heavy (non-hydrogen) atoms. The summed E-state index contributed by atoms with van der Waals surface area (Å²) in [5.74, 6) is 0.623. The van der Waals surface area contributed by atoms with Gasteiger partial charge < -0.3 is 5.11 Å². The van der Waals surface area contributed by atoms with Crippen molar-refractivity contribution in [3.05, 3.63) is 42.1 Å². The smallest absolute Gasteiger partial charge is 0.0805 e. The number of hydrogen-bond acceptors (Lipinski definition) is 2. The van der Waals surface area contributed by atoms with E-state index in [0.29, 0.717) is 5.92 Å². The van der Waals surface area contributed by atoms with Crippen LogP contribution < -0.4 is 0 Å². The highest BCUT2D eigenvalue weighted by atomic mass is 16.3. The molecule has 1 N–H and O–H groups in total. The number of aromatic nitrogens is 1. The Balaban J connectivity index is 2.18. The van der Waals surface area contributed by atoms with Gasteiger partial charge in [-0.2, -0.15) is 0 Å². The SMILES string of the molecule is CC(C)CCC(O)c1cnc2ccccc2c1. The summed E-state index contributed by atoms with van der Waals surface area (Å²) in [5.41, 5.74) is 1.90. The van der Waals surface area contributed by atoms with Gasteiger partial charge in [0.2, 0.25) is 0 Å². The molecule has 2 rings (SSSR count). The second-order valence-corrected chi connectivity index (χ2v) is 4.95. The van der Waals surface area contributed by atoms with E-state index in [-0.39, 0.29) is 0 Å². The molecule has 1 aromatic heterocycles. The van der Waals surface area contributed by atoms with Crippen LogP contribution in [0.3, 0.4) is 0 Å². The van der Waals surface area contributed by atoms with Crippen LogP contribution in [0.5, 0.6) is 0 Å². The number of aliphatic hydroxyl groups is 1. The van der Waals surface area contributed by atoms with Crippen molar-refractivity contribution < 1.29 is 5.11 Å². The first kappa shape index (κ1) is 12.1. The summed E-state index contributed by atoms with van der Waals surface area (Å²) >= 11 is 0. The van der Waals surface area contributed by atoms with E-state index < -0.39 is 6.10 Å². The maximum absolute atomic E-state index is 10.1. The minimum atomic E-state index is -0.394. The summed E-state index contributed by atoms with van der Waals surface area (Å²) in [6.07, 6.45) is 3.23. The van der Waals surface area contributed by atoms with Crippen LogP contribution in [0, 0.1) is 5.92 Å². The van der Waals surface area contributed by atoms with E-state index in [9.17, 15) is 5.11 Å². The second-order valence-electron chi connectivity index (χ2n) is 4.95. The Hall–Kier alpha value is -1.41. The molecular weight excluding hydrogens is 210 g/mol. The van der Waals surface area contributed by atoms with E-state index >= 15 is 0 Å². The highest BCUT2D eigenvalue weighted by Gasteiger charge is 2.09. The zero-order valence-electron chi connectivity index (χ0n) is 10.4. The van der Waals surface area contributed by atoms with Crippen molar-refractivity contribution >= 4 is 10.9 Å². The van der Waals surface area contributed by atoms with Gasteiger partial charge in [0.1, 0.15) is 0 Å². The Morgan fingerprint density at radius 3 is 2.71 bits per heavy atom. The zero-order valence-corrected chi connectivity index (χ0v) is 10.4. The van der Waals surface area contributed by atoms with Gasteiger partial charge in [0.05, 0.1) is 11.6 Å². The van der Waals surface area contributed by atoms with Gasteiger partial charge in [-0.05, 0) is 36.5 Å². The van der Waals surface area contributed by atoms with E-state index in [2.05, 4.69) is 18.8 Å². The number of nitrogens with zero attached hydrogens (tertiary/aromatic N) is 1. The molecule has 1 aromatic carbocycles. The minimum absolute atomic E-state index is 0.394. The Kier molecular flexibility index (Phi) is 3.75. The van der Waals surface area contributed by atoms with Gasteiger partial charge in [-0.3, -0.25) is 4.98 Å². The molecule has 2 aromatic rings. The number of para-hydroxylation sites is 1. The molecule has 0 saturated heterocycles. The van der Waals surface area contributed by atoms with Gasteiger partial charge in [-0.25, -0.2) is 0 Å². The monoisotopic (exact) mass is 229 g/mol. The summed E-state index contributed by atoms with van der Waals surface area (Å²) in [4.78, 5) is 4.37. The standard InChI is InChI=1S/C15H19NO/c1-11(2)7-8-15(17)13-9-12-5-3-4-6-14(12)16-10-13/h3-6,9-11,15,17H,7-8H2,1-2H3. The first-order valence-electron chi connectivity index (χ1n) is 6.19. The molecule has 0 aliphatic carbocycles. The molecule has 2 heteroatoms. The first-order valence-corrected chi connectivity index (χ1v) is 6.19. The molecule has 0 saturated carbocycles. The van der Waals surface area contributed by atoms with Crippen molar-refractivity contribution in [2.75, 3.05) is 0 Å². The lowest BCUT2D eigenvalue weighted by Gasteiger charge is -2.12. The van der Waals surface area contributed by atoms with Crippen molar-refractivity contribution in [2.24, 2.45) is 5.92 Å². The van der Waals surface area contributed by atoms with E-state index in [1.807, 2.05) is 30.3 Å². The lowest BCUT2D eigenvalue weighted by Crippen LogP contribution is -2.00. The van der Waals surface area contributed by atoms with Gasteiger partial charge in [-0.15, -0.1) is 0 Å². The van der Waals surface area contributed by atoms with Crippen molar-refractivity contribution in [3.8, 4) is 0 Å². The summed E-state index contributed by atoms with van der Waals surface area (Å²) in [6, 6.07) is 10.0. The third-order valence-electron chi connectivity index (χ3n) is 3.01. The van der Waals surface area contributed by atoms with Crippen LogP contribution in [0.2, 0.25) is 0 Å². The van der Waals surface area contributed by atoms with Gasteiger partial charge in [0.25, 0.3) is 0 Å². The molecular formula is C15H19NO. The Labute approximate surface area is 102 Å². The first-order chi connectivity index (χ1) is 8.16. The van der Waals surface area contributed by atoms with Crippen LogP contribution in [-0.4, -0.2) is 10.1 Å². The van der Waals surface area contributed by atoms with E-state index in [1.165, 1.54) is 0 Å². The fourth-order valence-electron chi connectivity index (χ4n) is 1.93. The molecule has 90 valence electrons. The van der Waals surface area contributed by atoms with Gasteiger partial charge in [0, 0.05) is 11.6 Å². The normalized spacial score (nSPS) is 13.2. The predicted molar refractivity (Wildman–Crippen MR) is 70.8 cm³/mol. The summed E-state index contributed by atoms with van der Waals surface area (Å²) in [5, 5.41) is 11.2. The van der Waals surface area contributed by atoms with Crippen molar-refractivity contribution in [2.45, 2.75) is 32.8 Å². The maximum atomic E-state index is 10.1. The fraction of sp³-hybridized carbons (Fsp3) is 0.400. The number of hydrogen-bond donors (Lipinski definition) is 1. The maximum Gasteiger partial charge on any atom is 0.0805 e. The lowest BCUT2D eigenvalue weighted by atomic mass is 10.00. The van der Waals surface area contributed by atoms with Crippen molar-refractivity contribution in [1.29, 1.82) is 0 Å². The summed E-state index contributed by atoms with van der Waals surface area (Å²) in [7, 11) is 0. The molecule has 0 radical (unpaired) electrons. The lowest BCUT2D eigenvalue weighted by molar-refractivity contribution is 0.159. The average molecular weight is 229 g/mol. The zero-order chi connectivity index (χ0) is 12.3. The molecule has 1 unspecified atom stereocenters. The molecule has 0 spiro atoms. The predicted octanol–water partition coefficient (Wildman–Crippen LogP) is 3.70.